The third kappa shape index (κ3) is 6.31. The monoisotopic (exact) mass is 419 g/mol. The van der Waals surface area contributed by atoms with Crippen LogP contribution in [0.5, 0.6) is 0 Å². The Labute approximate surface area is 176 Å². The van der Waals surface area contributed by atoms with Crippen molar-refractivity contribution in [2.24, 2.45) is 0 Å². The highest BCUT2D eigenvalue weighted by Gasteiger charge is 2.20. The maximum atomic E-state index is 12.3. The summed E-state index contributed by atoms with van der Waals surface area (Å²) in [6.45, 7) is 2.22. The Morgan fingerprint density at radius 1 is 1.14 bits per heavy atom. The van der Waals surface area contributed by atoms with Gasteiger partial charge >= 0.3 is 5.97 Å². The van der Waals surface area contributed by atoms with Crippen LogP contribution in [0.3, 0.4) is 0 Å². The topological polar surface area (TPSA) is 55.4 Å². The number of nitrogens with one attached hydrogen (secondary N) is 1. The summed E-state index contributed by atoms with van der Waals surface area (Å²) >= 11 is 3.91. The zero-order valence-corrected chi connectivity index (χ0v) is 18.1. The first kappa shape index (κ1) is 21.3. The highest BCUT2D eigenvalue weighted by molar-refractivity contribution is 8.16. The van der Waals surface area contributed by atoms with Crippen molar-refractivity contribution in [3.05, 3.63) is 47.0 Å². The van der Waals surface area contributed by atoms with Crippen LogP contribution in [0.2, 0.25) is 0 Å². The van der Waals surface area contributed by atoms with E-state index in [0.29, 0.717) is 16.7 Å². The van der Waals surface area contributed by atoms with E-state index in [9.17, 15) is 9.59 Å². The van der Waals surface area contributed by atoms with Crippen LogP contribution in [-0.2, 0) is 9.53 Å². The Morgan fingerprint density at radius 2 is 1.89 bits per heavy atom. The van der Waals surface area contributed by atoms with E-state index in [2.05, 4.69) is 11.4 Å². The van der Waals surface area contributed by atoms with E-state index >= 15 is 0 Å². The molecular formula is C22H29NO3S2. The van der Waals surface area contributed by atoms with Gasteiger partial charge in [0.25, 0.3) is 5.91 Å². The second-order valence-electron chi connectivity index (χ2n) is 7.25. The van der Waals surface area contributed by atoms with E-state index in [1.807, 2.05) is 35.7 Å². The van der Waals surface area contributed by atoms with Gasteiger partial charge in [0.15, 0.2) is 6.10 Å². The van der Waals surface area contributed by atoms with Crippen LogP contribution in [0.15, 0.2) is 35.9 Å². The number of carbonyl (C=O) groups is 2. The van der Waals surface area contributed by atoms with Gasteiger partial charge in [-0.3, -0.25) is 4.79 Å². The van der Waals surface area contributed by atoms with Crippen LogP contribution in [0.1, 0.15) is 66.0 Å². The number of amides is 1. The van der Waals surface area contributed by atoms with Crippen molar-refractivity contribution in [3.63, 3.8) is 0 Å². The lowest BCUT2D eigenvalue weighted by Gasteiger charge is -2.21. The van der Waals surface area contributed by atoms with Gasteiger partial charge < -0.3 is 10.1 Å². The molecule has 0 aromatic heterocycles. The molecule has 0 radical (unpaired) electrons. The second kappa shape index (κ2) is 11.0. The van der Waals surface area contributed by atoms with Crippen molar-refractivity contribution in [1.82, 2.24) is 5.32 Å². The molecule has 1 aliphatic carbocycles. The van der Waals surface area contributed by atoms with Crippen molar-refractivity contribution in [1.29, 1.82) is 0 Å². The molecule has 0 spiro atoms. The van der Waals surface area contributed by atoms with Gasteiger partial charge in [0.2, 0.25) is 0 Å². The molecule has 3 rings (SSSR count). The highest BCUT2D eigenvalue weighted by atomic mass is 32.2. The third-order valence-electron chi connectivity index (χ3n) is 5.03. The molecule has 0 bridgehead atoms. The van der Waals surface area contributed by atoms with Gasteiger partial charge in [-0.25, -0.2) is 4.79 Å². The number of hydrogen-bond donors (Lipinski definition) is 1. The first-order valence-corrected chi connectivity index (χ1v) is 12.2. The van der Waals surface area contributed by atoms with Gasteiger partial charge in [-0.1, -0.05) is 23.8 Å². The number of rotatable bonds is 7. The minimum absolute atomic E-state index is 0.239. The molecule has 1 aliphatic heterocycles. The molecule has 0 unspecified atom stereocenters. The van der Waals surface area contributed by atoms with Crippen LogP contribution in [-0.4, -0.2) is 36.0 Å². The first-order chi connectivity index (χ1) is 13.6. The summed E-state index contributed by atoms with van der Waals surface area (Å²) in [4.78, 5) is 24.5. The molecule has 1 saturated heterocycles. The number of ether oxygens (including phenoxy) is 1. The molecule has 28 heavy (non-hydrogen) atoms. The summed E-state index contributed by atoms with van der Waals surface area (Å²) in [5.74, 6) is 1.68. The summed E-state index contributed by atoms with van der Waals surface area (Å²) in [6, 6.07) is 7.59. The van der Waals surface area contributed by atoms with Gasteiger partial charge in [0.05, 0.1) is 10.1 Å². The van der Waals surface area contributed by atoms with Crippen LogP contribution in [0, 0.1) is 0 Å². The average Bonchev–Trinajstić information content (AvgIpc) is 2.75. The van der Waals surface area contributed by atoms with E-state index < -0.39 is 12.1 Å². The Bertz CT molecular complexity index is 696. The Hall–Kier alpha value is -1.40. The van der Waals surface area contributed by atoms with Crippen molar-refractivity contribution >= 4 is 35.4 Å². The highest BCUT2D eigenvalue weighted by Crippen LogP contribution is 2.43. The van der Waals surface area contributed by atoms with Crippen LogP contribution in [0.25, 0.3) is 0 Å². The van der Waals surface area contributed by atoms with E-state index in [0.717, 1.165) is 19.3 Å². The zero-order chi connectivity index (χ0) is 19.8. The van der Waals surface area contributed by atoms with E-state index in [1.54, 1.807) is 19.1 Å². The smallest absolute Gasteiger partial charge is 0.338 e. The third-order valence-corrected chi connectivity index (χ3v) is 8.04. The normalized spacial score (nSPS) is 18.8. The van der Waals surface area contributed by atoms with Gasteiger partial charge in [0, 0.05) is 6.54 Å². The van der Waals surface area contributed by atoms with E-state index in [-0.39, 0.29) is 5.91 Å². The van der Waals surface area contributed by atoms with Crippen molar-refractivity contribution in [2.75, 3.05) is 18.1 Å². The molecule has 4 nitrogen and oxygen atoms in total. The summed E-state index contributed by atoms with van der Waals surface area (Å²) in [7, 11) is 0. The largest absolute Gasteiger partial charge is 0.449 e. The fraction of sp³-hybridized carbons (Fsp3) is 0.545. The number of hydrogen-bond acceptors (Lipinski definition) is 5. The van der Waals surface area contributed by atoms with Crippen molar-refractivity contribution in [2.45, 2.75) is 56.1 Å². The van der Waals surface area contributed by atoms with E-state index in [1.165, 1.54) is 41.9 Å². The molecule has 152 valence electrons. The summed E-state index contributed by atoms with van der Waals surface area (Å²) < 4.78 is 5.80. The summed E-state index contributed by atoms with van der Waals surface area (Å²) in [5, 5.41) is 2.88. The minimum atomic E-state index is -0.794. The minimum Gasteiger partial charge on any atom is -0.449 e. The van der Waals surface area contributed by atoms with Crippen molar-refractivity contribution in [3.8, 4) is 0 Å². The van der Waals surface area contributed by atoms with Crippen LogP contribution in [0.4, 0.5) is 0 Å². The SMILES string of the molecule is C[C@H](OC(=O)c1ccc(C2SCCCS2)cc1)C(=O)NCCC1=CCCCC1. The maximum Gasteiger partial charge on any atom is 0.338 e. The predicted molar refractivity (Wildman–Crippen MR) is 118 cm³/mol. The number of thioether (sulfide) groups is 2. The Balaban J connectivity index is 1.43. The molecule has 2 aliphatic rings. The first-order valence-electron chi connectivity index (χ1n) is 10.1. The lowest BCUT2D eigenvalue weighted by atomic mass is 9.97. The summed E-state index contributed by atoms with van der Waals surface area (Å²) in [5.41, 5.74) is 3.14. The molecule has 1 atom stereocenters. The number of carbonyl (C=O) groups excluding carboxylic acids is 2. The molecule has 1 fully saturated rings. The quantitative estimate of drug-likeness (QED) is 0.492. The van der Waals surface area contributed by atoms with Crippen molar-refractivity contribution < 1.29 is 14.3 Å². The second-order valence-corrected chi connectivity index (χ2v) is 9.97. The lowest BCUT2D eigenvalue weighted by Crippen LogP contribution is -2.36. The Kier molecular flexibility index (Phi) is 8.34. The maximum absolute atomic E-state index is 12.3. The Morgan fingerprint density at radius 3 is 2.57 bits per heavy atom. The molecule has 1 heterocycles. The van der Waals surface area contributed by atoms with Gasteiger partial charge in [-0.15, -0.1) is 23.5 Å². The fourth-order valence-corrected chi connectivity index (χ4v) is 6.25. The lowest BCUT2D eigenvalue weighted by molar-refractivity contribution is -0.129. The predicted octanol–water partition coefficient (Wildman–Crippen LogP) is 5.11. The average molecular weight is 420 g/mol. The molecule has 1 amide bonds. The number of benzene rings is 1. The molecule has 0 saturated carbocycles. The van der Waals surface area contributed by atoms with Gasteiger partial charge in [-0.2, -0.15) is 0 Å². The molecule has 1 aromatic carbocycles. The number of esters is 1. The van der Waals surface area contributed by atoms with Crippen LogP contribution >= 0.6 is 23.5 Å². The molecule has 1 aromatic rings. The zero-order valence-electron chi connectivity index (χ0n) is 16.4. The van der Waals surface area contributed by atoms with Gasteiger partial charge in [-0.05, 0) is 74.7 Å². The fourth-order valence-electron chi connectivity index (χ4n) is 3.36. The van der Waals surface area contributed by atoms with Gasteiger partial charge in [0.1, 0.15) is 0 Å². The molecule has 1 N–H and O–H groups in total. The van der Waals surface area contributed by atoms with Crippen LogP contribution < -0.4 is 5.32 Å². The van der Waals surface area contributed by atoms with E-state index in [4.69, 9.17) is 4.74 Å². The number of allylic oxidation sites excluding steroid dienone is 1. The molecule has 6 heteroatoms. The standard InChI is InChI=1S/C22H29NO3S2/c1-16(20(24)23-13-12-17-6-3-2-4-7-17)26-21(25)18-8-10-19(11-9-18)22-27-14-5-15-28-22/h6,8-11,16,22H,2-5,7,12-15H2,1H3,(H,23,24)/t16-/m0/s1. The summed E-state index contributed by atoms with van der Waals surface area (Å²) in [6.07, 6.45) is 8.42. The molecular weight excluding hydrogens is 390 g/mol.